The Hall–Kier alpha value is -1.88. The molecule has 1 aromatic rings. The smallest absolute Gasteiger partial charge is 0.340 e. The van der Waals surface area contributed by atoms with Gasteiger partial charge in [-0.1, -0.05) is 19.1 Å². The van der Waals surface area contributed by atoms with Crippen LogP contribution in [0, 0.1) is 0 Å². The molecule has 0 aliphatic carbocycles. The summed E-state index contributed by atoms with van der Waals surface area (Å²) in [5.74, 6) is -0.606. The molecule has 0 aromatic heterocycles. The van der Waals surface area contributed by atoms with Gasteiger partial charge in [0, 0.05) is 0 Å². The molecule has 5 nitrogen and oxygen atoms in total. The van der Waals surface area contributed by atoms with Gasteiger partial charge < -0.3 is 15.4 Å². The van der Waals surface area contributed by atoms with E-state index < -0.39 is 5.97 Å². The van der Waals surface area contributed by atoms with Crippen LogP contribution < -0.4 is 10.6 Å². The highest BCUT2D eigenvalue weighted by Gasteiger charge is 2.13. The molecule has 0 bridgehead atoms. The summed E-state index contributed by atoms with van der Waals surface area (Å²) in [7, 11) is 0. The number of hydrogen-bond acceptors (Lipinski definition) is 4. The topological polar surface area (TPSA) is 67.4 Å². The standard InChI is InChI=1S/C14H20N2O3/c1-3-9-15-10-13(17)16-12-8-6-5-7-11(12)14(18)19-4-2/h5-8,15H,3-4,9-10H2,1-2H3,(H,16,17). The van der Waals surface area contributed by atoms with E-state index in [-0.39, 0.29) is 12.5 Å². The summed E-state index contributed by atoms with van der Waals surface area (Å²) >= 11 is 0. The van der Waals surface area contributed by atoms with E-state index in [1.807, 2.05) is 6.92 Å². The molecule has 0 radical (unpaired) electrons. The predicted octanol–water partition coefficient (Wildman–Crippen LogP) is 1.80. The third kappa shape index (κ3) is 5.09. The van der Waals surface area contributed by atoms with Crippen molar-refractivity contribution in [3.05, 3.63) is 29.8 Å². The van der Waals surface area contributed by atoms with Crippen LogP contribution in [-0.4, -0.2) is 31.6 Å². The summed E-state index contributed by atoms with van der Waals surface area (Å²) in [6.45, 7) is 5.09. The molecular formula is C14H20N2O3. The van der Waals surface area contributed by atoms with Gasteiger partial charge in [-0.25, -0.2) is 4.79 Å². The van der Waals surface area contributed by atoms with Crippen LogP contribution in [0.3, 0.4) is 0 Å². The van der Waals surface area contributed by atoms with Gasteiger partial charge >= 0.3 is 5.97 Å². The fourth-order valence-corrected chi connectivity index (χ4v) is 1.55. The van der Waals surface area contributed by atoms with Crippen molar-refractivity contribution in [2.24, 2.45) is 0 Å². The Kier molecular flexibility index (Phi) is 6.60. The molecule has 1 amide bonds. The number of rotatable bonds is 7. The zero-order chi connectivity index (χ0) is 14.1. The molecule has 0 aliphatic heterocycles. The first-order valence-corrected chi connectivity index (χ1v) is 6.45. The normalized spacial score (nSPS) is 10.0. The number of esters is 1. The predicted molar refractivity (Wildman–Crippen MR) is 74.2 cm³/mol. The Bertz CT molecular complexity index is 432. The molecule has 0 fully saturated rings. The Morgan fingerprint density at radius 1 is 1.21 bits per heavy atom. The van der Waals surface area contributed by atoms with Gasteiger partial charge in [-0.05, 0) is 32.0 Å². The van der Waals surface area contributed by atoms with Crippen molar-refractivity contribution in [1.82, 2.24) is 5.32 Å². The number of nitrogens with one attached hydrogen (secondary N) is 2. The lowest BCUT2D eigenvalue weighted by molar-refractivity contribution is -0.115. The molecule has 2 N–H and O–H groups in total. The first kappa shape index (κ1) is 15.2. The number of carbonyl (C=O) groups is 2. The molecular weight excluding hydrogens is 244 g/mol. The summed E-state index contributed by atoms with van der Waals surface area (Å²) in [6, 6.07) is 6.81. The van der Waals surface area contributed by atoms with Crippen LogP contribution in [0.25, 0.3) is 0 Å². The molecule has 0 saturated carbocycles. The number of hydrogen-bond donors (Lipinski definition) is 2. The van der Waals surface area contributed by atoms with Crippen molar-refractivity contribution in [3.8, 4) is 0 Å². The highest BCUT2D eigenvalue weighted by Crippen LogP contribution is 2.15. The highest BCUT2D eigenvalue weighted by molar-refractivity contribution is 6.01. The second kappa shape index (κ2) is 8.26. The Morgan fingerprint density at radius 3 is 2.63 bits per heavy atom. The molecule has 0 atom stereocenters. The van der Waals surface area contributed by atoms with Gasteiger partial charge in [0.15, 0.2) is 0 Å². The van der Waals surface area contributed by atoms with Gasteiger partial charge in [-0.2, -0.15) is 0 Å². The number of ether oxygens (including phenoxy) is 1. The van der Waals surface area contributed by atoms with E-state index in [2.05, 4.69) is 10.6 Å². The lowest BCUT2D eigenvalue weighted by atomic mass is 10.2. The van der Waals surface area contributed by atoms with Crippen LogP contribution in [-0.2, 0) is 9.53 Å². The summed E-state index contributed by atoms with van der Waals surface area (Å²) in [6.07, 6.45) is 0.965. The quantitative estimate of drug-likeness (QED) is 0.582. The summed E-state index contributed by atoms with van der Waals surface area (Å²) in [5, 5.41) is 5.71. The fourth-order valence-electron chi connectivity index (χ4n) is 1.55. The van der Waals surface area contributed by atoms with Crippen LogP contribution >= 0.6 is 0 Å². The fraction of sp³-hybridized carbons (Fsp3) is 0.429. The molecule has 0 heterocycles. The van der Waals surface area contributed by atoms with Gasteiger partial charge in [0.25, 0.3) is 0 Å². The Morgan fingerprint density at radius 2 is 1.95 bits per heavy atom. The second-order valence-electron chi connectivity index (χ2n) is 3.99. The zero-order valence-corrected chi connectivity index (χ0v) is 11.4. The maximum atomic E-state index is 11.7. The van der Waals surface area contributed by atoms with Gasteiger partial charge in [-0.15, -0.1) is 0 Å². The number of benzene rings is 1. The minimum atomic E-state index is -0.431. The lowest BCUT2D eigenvalue weighted by Gasteiger charge is -2.10. The van der Waals surface area contributed by atoms with Crippen molar-refractivity contribution in [1.29, 1.82) is 0 Å². The molecule has 0 unspecified atom stereocenters. The van der Waals surface area contributed by atoms with Crippen molar-refractivity contribution >= 4 is 17.6 Å². The minimum Gasteiger partial charge on any atom is -0.462 e. The Labute approximate surface area is 113 Å². The van der Waals surface area contributed by atoms with Gasteiger partial charge in [0.2, 0.25) is 5.91 Å². The lowest BCUT2D eigenvalue weighted by Crippen LogP contribution is -2.29. The largest absolute Gasteiger partial charge is 0.462 e. The molecule has 0 saturated heterocycles. The van der Waals surface area contributed by atoms with Crippen molar-refractivity contribution in [2.45, 2.75) is 20.3 Å². The van der Waals surface area contributed by atoms with Crippen molar-refractivity contribution < 1.29 is 14.3 Å². The van der Waals surface area contributed by atoms with E-state index in [9.17, 15) is 9.59 Å². The van der Waals surface area contributed by atoms with E-state index in [0.717, 1.165) is 13.0 Å². The van der Waals surface area contributed by atoms with E-state index in [1.165, 1.54) is 0 Å². The maximum Gasteiger partial charge on any atom is 0.340 e. The second-order valence-corrected chi connectivity index (χ2v) is 3.99. The summed E-state index contributed by atoms with van der Waals surface area (Å²) in [4.78, 5) is 23.4. The van der Waals surface area contributed by atoms with Gasteiger partial charge in [0.05, 0.1) is 24.4 Å². The van der Waals surface area contributed by atoms with E-state index in [0.29, 0.717) is 17.9 Å². The molecule has 0 aliphatic rings. The molecule has 104 valence electrons. The van der Waals surface area contributed by atoms with E-state index in [1.54, 1.807) is 31.2 Å². The molecule has 19 heavy (non-hydrogen) atoms. The maximum absolute atomic E-state index is 11.7. The van der Waals surface area contributed by atoms with Gasteiger partial charge in [-0.3, -0.25) is 4.79 Å². The third-order valence-electron chi connectivity index (χ3n) is 2.41. The van der Waals surface area contributed by atoms with E-state index >= 15 is 0 Å². The van der Waals surface area contributed by atoms with Crippen LogP contribution in [0.4, 0.5) is 5.69 Å². The SMILES string of the molecule is CCCNCC(=O)Nc1ccccc1C(=O)OCC. The van der Waals surface area contributed by atoms with Crippen LogP contribution in [0.5, 0.6) is 0 Å². The molecule has 0 spiro atoms. The average Bonchev–Trinajstić information content (AvgIpc) is 2.40. The number of carbonyl (C=O) groups excluding carboxylic acids is 2. The third-order valence-corrected chi connectivity index (χ3v) is 2.41. The number of amides is 1. The first-order chi connectivity index (χ1) is 9.19. The molecule has 1 aromatic carbocycles. The van der Waals surface area contributed by atoms with Crippen molar-refractivity contribution in [2.75, 3.05) is 25.0 Å². The monoisotopic (exact) mass is 264 g/mol. The molecule has 1 rings (SSSR count). The molecule has 5 heteroatoms. The Balaban J connectivity index is 2.67. The van der Waals surface area contributed by atoms with Gasteiger partial charge in [0.1, 0.15) is 0 Å². The summed E-state index contributed by atoms with van der Waals surface area (Å²) in [5.41, 5.74) is 0.845. The number of para-hydroxylation sites is 1. The van der Waals surface area contributed by atoms with Crippen LogP contribution in [0.2, 0.25) is 0 Å². The van der Waals surface area contributed by atoms with E-state index in [4.69, 9.17) is 4.74 Å². The minimum absolute atomic E-state index is 0.176. The number of anilines is 1. The average molecular weight is 264 g/mol. The zero-order valence-electron chi connectivity index (χ0n) is 11.4. The van der Waals surface area contributed by atoms with Crippen LogP contribution in [0.15, 0.2) is 24.3 Å². The summed E-state index contributed by atoms with van der Waals surface area (Å²) < 4.78 is 4.94. The van der Waals surface area contributed by atoms with Crippen LogP contribution in [0.1, 0.15) is 30.6 Å². The highest BCUT2D eigenvalue weighted by atomic mass is 16.5. The first-order valence-electron chi connectivity index (χ1n) is 6.45. The van der Waals surface area contributed by atoms with Crippen molar-refractivity contribution in [3.63, 3.8) is 0 Å².